The van der Waals surface area contributed by atoms with E-state index in [0.29, 0.717) is 31.4 Å². The summed E-state index contributed by atoms with van der Waals surface area (Å²) in [4.78, 5) is 0. The van der Waals surface area contributed by atoms with E-state index in [1.54, 1.807) is 4.68 Å². The number of hydrogen-bond acceptors (Lipinski definition) is 5. The summed E-state index contributed by atoms with van der Waals surface area (Å²) in [7, 11) is 0. The van der Waals surface area contributed by atoms with E-state index in [-0.39, 0.29) is 23.7 Å². The fourth-order valence-electron chi connectivity index (χ4n) is 5.27. The molecule has 1 aromatic heterocycles. The first-order valence-electron chi connectivity index (χ1n) is 11.0. The molecule has 4 atom stereocenters. The monoisotopic (exact) mass is 497 g/mol. The van der Waals surface area contributed by atoms with Crippen LogP contribution in [0, 0.1) is 0 Å². The third-order valence-corrected chi connectivity index (χ3v) is 6.82. The van der Waals surface area contributed by atoms with Crippen molar-refractivity contribution < 1.29 is 31.1 Å². The van der Waals surface area contributed by atoms with Crippen molar-refractivity contribution in [2.45, 2.75) is 61.9 Å². The Morgan fingerprint density at radius 3 is 2.26 bits per heavy atom. The summed E-state index contributed by atoms with van der Waals surface area (Å²) in [5.74, 6) is 0. The second-order valence-corrected chi connectivity index (χ2v) is 8.94. The van der Waals surface area contributed by atoms with Crippen molar-refractivity contribution >= 4 is 0 Å². The van der Waals surface area contributed by atoms with Gasteiger partial charge in [-0.25, -0.2) is 4.68 Å². The molecule has 0 unspecified atom stereocenters. The van der Waals surface area contributed by atoms with Gasteiger partial charge in [0.1, 0.15) is 6.33 Å². The average Bonchev–Trinajstić information content (AvgIpc) is 3.45. The zero-order valence-corrected chi connectivity index (χ0v) is 18.2. The van der Waals surface area contributed by atoms with Crippen LogP contribution in [0.3, 0.4) is 0 Å². The minimum absolute atomic E-state index is 0.0314. The first-order valence-corrected chi connectivity index (χ1v) is 11.0. The Morgan fingerprint density at radius 2 is 1.66 bits per heavy atom. The van der Waals surface area contributed by atoms with Crippen molar-refractivity contribution in [3.63, 3.8) is 0 Å². The molecule has 2 aliphatic rings. The average molecular weight is 497 g/mol. The predicted molar refractivity (Wildman–Crippen MR) is 111 cm³/mol. The molecule has 35 heavy (non-hydrogen) atoms. The Bertz CT molecular complexity index is 1140. The lowest BCUT2D eigenvalue weighted by Gasteiger charge is -2.42. The summed E-state index contributed by atoms with van der Waals surface area (Å²) < 4.78 is 87.4. The van der Waals surface area contributed by atoms with E-state index in [0.717, 1.165) is 5.56 Å². The third-order valence-electron chi connectivity index (χ3n) is 6.82. The number of aromatic nitrogens is 4. The number of hydrogen-bond donors (Lipinski definition) is 1. The highest BCUT2D eigenvalue weighted by atomic mass is 19.4. The topological polar surface area (TPSA) is 64.9 Å². The molecule has 2 bridgehead atoms. The van der Waals surface area contributed by atoms with Crippen molar-refractivity contribution in [3.05, 3.63) is 77.1 Å². The number of nitrogens with one attached hydrogen (secondary N) is 1. The maximum Gasteiger partial charge on any atom is 0.416 e. The first-order chi connectivity index (χ1) is 16.6. The van der Waals surface area contributed by atoms with Gasteiger partial charge in [-0.15, -0.1) is 5.10 Å². The molecule has 2 aliphatic heterocycles. The Kier molecular flexibility index (Phi) is 5.83. The number of tetrazole rings is 1. The molecule has 2 fully saturated rings. The number of rotatable bonds is 5. The summed E-state index contributed by atoms with van der Waals surface area (Å²) in [6.45, 7) is -0.395. The smallest absolute Gasteiger partial charge is 0.371 e. The van der Waals surface area contributed by atoms with Crippen LogP contribution in [0.5, 0.6) is 0 Å². The Labute approximate surface area is 196 Å². The van der Waals surface area contributed by atoms with Crippen LogP contribution in [0.25, 0.3) is 0 Å². The van der Waals surface area contributed by atoms with E-state index in [9.17, 15) is 26.3 Å². The summed E-state index contributed by atoms with van der Waals surface area (Å²) in [5, 5.41) is 15.1. The lowest BCUT2D eigenvalue weighted by Crippen LogP contribution is -2.54. The third kappa shape index (κ3) is 4.52. The van der Waals surface area contributed by atoms with Crippen molar-refractivity contribution in [1.29, 1.82) is 0 Å². The minimum Gasteiger partial charge on any atom is -0.371 e. The number of benzene rings is 2. The number of fused-ring (bicyclic) bond motifs is 2. The van der Waals surface area contributed by atoms with Crippen molar-refractivity contribution in [3.8, 4) is 0 Å². The van der Waals surface area contributed by atoms with E-state index in [2.05, 4.69) is 20.8 Å². The van der Waals surface area contributed by atoms with E-state index in [1.165, 1.54) is 6.33 Å². The molecule has 0 aliphatic carbocycles. The zero-order valence-electron chi connectivity index (χ0n) is 18.2. The van der Waals surface area contributed by atoms with Crippen molar-refractivity contribution in [2.24, 2.45) is 0 Å². The van der Waals surface area contributed by atoms with Crippen LogP contribution in [0.2, 0.25) is 0 Å². The molecule has 12 heteroatoms. The van der Waals surface area contributed by atoms with E-state index < -0.39 is 41.7 Å². The van der Waals surface area contributed by atoms with Gasteiger partial charge in [-0.2, -0.15) is 26.3 Å². The summed E-state index contributed by atoms with van der Waals surface area (Å²) in [6, 6.07) is 11.0. The quantitative estimate of drug-likeness (QED) is 0.509. The van der Waals surface area contributed by atoms with Gasteiger partial charge >= 0.3 is 12.4 Å². The normalized spacial score (nSPS) is 26.7. The van der Waals surface area contributed by atoms with Crippen LogP contribution in [0.4, 0.5) is 26.3 Å². The standard InChI is InChI=1S/C23H21F6N5O/c24-22(25,26)16-8-14(9-17(10-16)23(27,28)29)12-35-20-7-6-18-19(34-13-30-32-33-34)11-21(20,31-18)15-4-2-1-3-5-15/h1-5,8-10,13,18-20,31H,6-7,11-12H2/t18-,19+,20+,21+/m0/s1. The molecule has 2 aromatic carbocycles. The number of ether oxygens (including phenoxy) is 1. The lowest BCUT2D eigenvalue weighted by atomic mass is 9.80. The van der Waals surface area contributed by atoms with Gasteiger partial charge in [0.15, 0.2) is 0 Å². The predicted octanol–water partition coefficient (Wildman–Crippen LogP) is 4.89. The molecular weight excluding hydrogens is 476 g/mol. The molecule has 0 saturated carbocycles. The van der Waals surface area contributed by atoms with E-state index >= 15 is 0 Å². The largest absolute Gasteiger partial charge is 0.416 e. The zero-order chi connectivity index (χ0) is 24.8. The van der Waals surface area contributed by atoms with Gasteiger partial charge in [-0.05, 0) is 59.0 Å². The van der Waals surface area contributed by atoms with Gasteiger partial charge in [-0.3, -0.25) is 0 Å². The maximum atomic E-state index is 13.3. The van der Waals surface area contributed by atoms with Crippen LogP contribution >= 0.6 is 0 Å². The molecule has 5 rings (SSSR count). The molecule has 3 aromatic rings. The van der Waals surface area contributed by atoms with Gasteiger partial charge in [0.2, 0.25) is 0 Å². The molecule has 0 radical (unpaired) electrons. The van der Waals surface area contributed by atoms with Crippen molar-refractivity contribution in [1.82, 2.24) is 25.5 Å². The molecule has 2 saturated heterocycles. The molecule has 0 spiro atoms. The van der Waals surface area contributed by atoms with Gasteiger partial charge in [0.25, 0.3) is 0 Å². The number of nitrogens with zero attached hydrogens (tertiary/aromatic N) is 4. The second-order valence-electron chi connectivity index (χ2n) is 8.94. The highest BCUT2D eigenvalue weighted by Gasteiger charge is 2.55. The molecule has 186 valence electrons. The summed E-state index contributed by atoms with van der Waals surface area (Å²) in [6.07, 6.45) is -6.99. The Balaban J connectivity index is 1.45. The van der Waals surface area contributed by atoms with Crippen molar-refractivity contribution in [2.75, 3.05) is 0 Å². The van der Waals surface area contributed by atoms with E-state index in [1.807, 2.05) is 30.3 Å². The molecule has 6 nitrogen and oxygen atoms in total. The highest BCUT2D eigenvalue weighted by molar-refractivity contribution is 5.34. The van der Waals surface area contributed by atoms with Crippen LogP contribution < -0.4 is 5.32 Å². The minimum atomic E-state index is -4.91. The molecular formula is C23H21F6N5O. The highest BCUT2D eigenvalue weighted by Crippen LogP contribution is 2.49. The molecule has 3 heterocycles. The maximum absolute atomic E-state index is 13.3. The van der Waals surface area contributed by atoms with Crippen LogP contribution in [0.1, 0.15) is 47.6 Å². The van der Waals surface area contributed by atoms with Gasteiger partial charge in [-0.1, -0.05) is 30.3 Å². The first kappa shape index (κ1) is 23.7. The van der Waals surface area contributed by atoms with Crippen LogP contribution in [0.15, 0.2) is 54.9 Å². The molecule has 0 amide bonds. The van der Waals surface area contributed by atoms with E-state index in [4.69, 9.17) is 4.74 Å². The SMILES string of the molecule is FC(F)(F)c1cc(CO[C@@H]2CC[C@@H]3N[C@@]2(c2ccccc2)C[C@H]3n2cnnn2)cc(C(F)(F)F)c1. The van der Waals surface area contributed by atoms with Gasteiger partial charge in [0.05, 0.1) is 35.4 Å². The summed E-state index contributed by atoms with van der Waals surface area (Å²) >= 11 is 0. The Hall–Kier alpha value is -2.99. The van der Waals surface area contributed by atoms with Crippen LogP contribution in [-0.4, -0.2) is 32.4 Å². The lowest BCUT2D eigenvalue weighted by molar-refractivity contribution is -0.143. The Morgan fingerprint density at radius 1 is 0.971 bits per heavy atom. The van der Waals surface area contributed by atoms with Crippen LogP contribution in [-0.2, 0) is 29.2 Å². The van der Waals surface area contributed by atoms with Gasteiger partial charge < -0.3 is 10.1 Å². The van der Waals surface area contributed by atoms with Gasteiger partial charge in [0, 0.05) is 6.04 Å². The fraction of sp³-hybridized carbons (Fsp3) is 0.435. The molecule has 1 N–H and O–H groups in total. The summed E-state index contributed by atoms with van der Waals surface area (Å²) in [5.41, 5.74) is -2.68. The number of piperidine rings is 1. The second kappa shape index (κ2) is 8.59. The fourth-order valence-corrected chi connectivity index (χ4v) is 5.27. The number of halogens is 6. The number of alkyl halides is 6.